The molecule has 1 amide bonds. The van der Waals surface area contributed by atoms with Gasteiger partial charge in [-0.3, -0.25) is 4.79 Å². The van der Waals surface area contributed by atoms with Crippen LogP contribution in [0.5, 0.6) is 5.75 Å². The molecule has 0 atom stereocenters. The van der Waals surface area contributed by atoms with Crippen LogP contribution < -0.4 is 15.8 Å². The highest BCUT2D eigenvalue weighted by Gasteiger charge is 2.23. The molecule has 6 heteroatoms. The second-order valence-electron chi connectivity index (χ2n) is 6.75. The lowest BCUT2D eigenvalue weighted by molar-refractivity contribution is -0.116. The van der Waals surface area contributed by atoms with E-state index >= 15 is 0 Å². The van der Waals surface area contributed by atoms with E-state index < -0.39 is 0 Å². The van der Waals surface area contributed by atoms with Crippen molar-refractivity contribution < 1.29 is 9.53 Å². The summed E-state index contributed by atoms with van der Waals surface area (Å²) < 4.78 is 5.58. The first kappa shape index (κ1) is 18.8. The lowest BCUT2D eigenvalue weighted by Gasteiger charge is -2.17. The van der Waals surface area contributed by atoms with Crippen LogP contribution in [-0.4, -0.2) is 12.5 Å². The van der Waals surface area contributed by atoms with Gasteiger partial charge >= 0.3 is 0 Å². The van der Waals surface area contributed by atoms with E-state index in [0.717, 1.165) is 5.56 Å². The molecule has 0 spiro atoms. The van der Waals surface area contributed by atoms with Gasteiger partial charge in [0.2, 0.25) is 5.91 Å². The molecular formula is C19H23N3O2S. The molecule has 0 bridgehead atoms. The average Bonchev–Trinajstić information content (AvgIpc) is 2.96. The number of nitrogens with one attached hydrogen (secondary N) is 1. The van der Waals surface area contributed by atoms with Gasteiger partial charge in [-0.15, -0.1) is 11.3 Å². The molecular weight excluding hydrogens is 334 g/mol. The number of rotatable bonds is 6. The summed E-state index contributed by atoms with van der Waals surface area (Å²) in [5.41, 5.74) is 7.76. The molecule has 0 aliphatic heterocycles. The van der Waals surface area contributed by atoms with Crippen LogP contribution in [0.2, 0.25) is 0 Å². The number of carbonyl (C=O) groups is 1. The van der Waals surface area contributed by atoms with Crippen molar-refractivity contribution in [1.82, 2.24) is 0 Å². The number of para-hydroxylation sites is 2. The zero-order chi connectivity index (χ0) is 18.4. The van der Waals surface area contributed by atoms with E-state index in [2.05, 4.69) is 11.4 Å². The average molecular weight is 357 g/mol. The first-order valence-corrected chi connectivity index (χ1v) is 9.00. The standard InChI is InChI=1S/C19H23N3O2S/c1-19(2,3)14-12-25-18(13(14)11-20)22-17(23)9-6-10-24-16-8-5-4-7-15(16)21/h4-5,7-8,12H,6,9-10,21H2,1-3H3,(H,22,23). The van der Waals surface area contributed by atoms with Gasteiger partial charge in [-0.05, 0) is 34.9 Å². The monoisotopic (exact) mass is 357 g/mol. The number of thiophene rings is 1. The molecule has 5 nitrogen and oxygen atoms in total. The predicted octanol–water partition coefficient (Wildman–Crippen LogP) is 4.30. The van der Waals surface area contributed by atoms with Crippen LogP contribution in [0.25, 0.3) is 0 Å². The molecule has 0 saturated carbocycles. The normalized spacial score (nSPS) is 11.0. The number of amides is 1. The van der Waals surface area contributed by atoms with Gasteiger partial charge in [0.25, 0.3) is 0 Å². The summed E-state index contributed by atoms with van der Waals surface area (Å²) in [5, 5.41) is 14.8. The van der Waals surface area contributed by atoms with Crippen molar-refractivity contribution in [1.29, 1.82) is 5.26 Å². The van der Waals surface area contributed by atoms with Crippen molar-refractivity contribution in [2.45, 2.75) is 39.0 Å². The number of hydrogen-bond acceptors (Lipinski definition) is 5. The van der Waals surface area contributed by atoms with Crippen molar-refractivity contribution in [3.05, 3.63) is 40.8 Å². The summed E-state index contributed by atoms with van der Waals surface area (Å²) in [6.07, 6.45) is 0.889. The predicted molar refractivity (Wildman–Crippen MR) is 102 cm³/mol. The maximum atomic E-state index is 12.1. The lowest BCUT2D eigenvalue weighted by Crippen LogP contribution is -2.15. The van der Waals surface area contributed by atoms with Crippen LogP contribution in [-0.2, 0) is 10.2 Å². The summed E-state index contributed by atoms with van der Waals surface area (Å²) >= 11 is 1.39. The Morgan fingerprint density at radius 1 is 1.36 bits per heavy atom. The van der Waals surface area contributed by atoms with Crippen LogP contribution in [0.1, 0.15) is 44.7 Å². The van der Waals surface area contributed by atoms with Gasteiger partial charge in [0.05, 0.1) is 17.9 Å². The van der Waals surface area contributed by atoms with Gasteiger partial charge in [-0.1, -0.05) is 32.9 Å². The highest BCUT2D eigenvalue weighted by Crippen LogP contribution is 2.35. The Balaban J connectivity index is 1.86. The molecule has 3 N–H and O–H groups in total. The number of carbonyl (C=O) groups excluding carboxylic acids is 1. The topological polar surface area (TPSA) is 88.1 Å². The Morgan fingerprint density at radius 3 is 2.72 bits per heavy atom. The number of nitriles is 1. The van der Waals surface area contributed by atoms with Crippen LogP contribution in [0.4, 0.5) is 10.7 Å². The Morgan fingerprint density at radius 2 is 2.08 bits per heavy atom. The third-order valence-corrected chi connectivity index (χ3v) is 4.58. The SMILES string of the molecule is CC(C)(C)c1csc(NC(=O)CCCOc2ccccc2N)c1C#N. The van der Waals surface area contributed by atoms with Crippen LogP contribution >= 0.6 is 11.3 Å². The fraction of sp³-hybridized carbons (Fsp3) is 0.368. The molecule has 0 aliphatic rings. The first-order valence-electron chi connectivity index (χ1n) is 8.12. The van der Waals surface area contributed by atoms with Crippen LogP contribution in [0.3, 0.4) is 0 Å². The molecule has 2 aromatic rings. The summed E-state index contributed by atoms with van der Waals surface area (Å²) in [6.45, 7) is 6.56. The fourth-order valence-electron chi connectivity index (χ4n) is 2.33. The zero-order valence-electron chi connectivity index (χ0n) is 14.8. The summed E-state index contributed by atoms with van der Waals surface area (Å²) in [4.78, 5) is 12.1. The number of benzene rings is 1. The van der Waals surface area contributed by atoms with Gasteiger partial charge in [-0.25, -0.2) is 0 Å². The third kappa shape index (κ3) is 4.97. The number of hydrogen-bond donors (Lipinski definition) is 2. The molecule has 25 heavy (non-hydrogen) atoms. The van der Waals surface area contributed by atoms with E-state index in [1.165, 1.54) is 11.3 Å². The van der Waals surface area contributed by atoms with E-state index in [9.17, 15) is 10.1 Å². The molecule has 0 fully saturated rings. The van der Waals surface area contributed by atoms with E-state index in [1.807, 2.05) is 38.3 Å². The molecule has 0 radical (unpaired) electrons. The molecule has 0 unspecified atom stereocenters. The van der Waals surface area contributed by atoms with Gasteiger partial charge in [0.15, 0.2) is 0 Å². The largest absolute Gasteiger partial charge is 0.491 e. The van der Waals surface area contributed by atoms with E-state index in [1.54, 1.807) is 12.1 Å². The summed E-state index contributed by atoms with van der Waals surface area (Å²) in [5.74, 6) is 0.506. The van der Waals surface area contributed by atoms with Gasteiger partial charge in [0.1, 0.15) is 16.8 Å². The number of ether oxygens (including phenoxy) is 1. The minimum Gasteiger partial charge on any atom is -0.491 e. The molecule has 0 aliphatic carbocycles. The minimum atomic E-state index is -0.131. The highest BCUT2D eigenvalue weighted by atomic mass is 32.1. The van der Waals surface area contributed by atoms with E-state index in [4.69, 9.17) is 10.5 Å². The Hall–Kier alpha value is -2.52. The number of nitrogens with two attached hydrogens (primary N) is 1. The van der Waals surface area contributed by atoms with Gasteiger partial charge in [-0.2, -0.15) is 5.26 Å². The number of nitrogens with zero attached hydrogens (tertiary/aromatic N) is 1. The van der Waals surface area contributed by atoms with Crippen LogP contribution in [0, 0.1) is 11.3 Å². The molecule has 0 saturated heterocycles. The van der Waals surface area contributed by atoms with Crippen LogP contribution in [0.15, 0.2) is 29.6 Å². The Labute approximate surface area is 152 Å². The summed E-state index contributed by atoms with van der Waals surface area (Å²) in [6, 6.07) is 9.48. The van der Waals surface area contributed by atoms with Crippen molar-refractivity contribution in [2.24, 2.45) is 0 Å². The smallest absolute Gasteiger partial charge is 0.225 e. The first-order chi connectivity index (χ1) is 11.8. The molecule has 1 aromatic heterocycles. The van der Waals surface area contributed by atoms with Crippen molar-refractivity contribution in [2.75, 3.05) is 17.7 Å². The Kier molecular flexibility index (Phi) is 6.05. The second kappa shape index (κ2) is 8.04. The van der Waals surface area contributed by atoms with Crippen molar-refractivity contribution >= 4 is 27.9 Å². The quantitative estimate of drug-likeness (QED) is 0.596. The zero-order valence-corrected chi connectivity index (χ0v) is 15.6. The number of anilines is 2. The summed E-state index contributed by atoms with van der Waals surface area (Å²) in [7, 11) is 0. The molecule has 2 rings (SSSR count). The molecule has 1 heterocycles. The fourth-order valence-corrected chi connectivity index (χ4v) is 3.48. The third-order valence-electron chi connectivity index (χ3n) is 3.69. The maximum absolute atomic E-state index is 12.1. The lowest BCUT2D eigenvalue weighted by atomic mass is 9.86. The Bertz CT molecular complexity index is 785. The molecule has 132 valence electrons. The van der Waals surface area contributed by atoms with E-state index in [0.29, 0.717) is 41.4 Å². The number of nitrogen functional groups attached to an aromatic ring is 1. The maximum Gasteiger partial charge on any atom is 0.225 e. The van der Waals surface area contributed by atoms with E-state index in [-0.39, 0.29) is 11.3 Å². The second-order valence-corrected chi connectivity index (χ2v) is 7.63. The van der Waals surface area contributed by atoms with Gasteiger partial charge < -0.3 is 15.8 Å². The minimum absolute atomic E-state index is 0.122. The molecule has 1 aromatic carbocycles. The van der Waals surface area contributed by atoms with Crippen molar-refractivity contribution in [3.63, 3.8) is 0 Å². The van der Waals surface area contributed by atoms with Crippen molar-refractivity contribution in [3.8, 4) is 11.8 Å². The highest BCUT2D eigenvalue weighted by molar-refractivity contribution is 7.14. The van der Waals surface area contributed by atoms with Gasteiger partial charge in [0, 0.05) is 6.42 Å².